The van der Waals surface area contributed by atoms with Gasteiger partial charge in [-0.3, -0.25) is 4.98 Å². The first-order chi connectivity index (χ1) is 11.8. The fraction of sp³-hybridized carbons (Fsp3) is 0.167. The molecule has 2 heterocycles. The average molecular weight is 321 g/mol. The highest BCUT2D eigenvalue weighted by atomic mass is 16.5. The van der Waals surface area contributed by atoms with E-state index in [0.29, 0.717) is 19.0 Å². The fourth-order valence-electron chi connectivity index (χ4n) is 2.26. The molecule has 0 atom stereocenters. The number of anilines is 2. The van der Waals surface area contributed by atoms with E-state index in [9.17, 15) is 0 Å². The standard InChI is InChI=1S/C18H19N5O/c1-24-16-7-3-2-6-15(16)13-21-17-8-10-20-18(23-17)22-12-14-5-4-9-19-11-14/h2-11H,12-13H2,1H3,(H2,20,21,22,23). The molecule has 0 amide bonds. The molecule has 6 nitrogen and oxygen atoms in total. The maximum Gasteiger partial charge on any atom is 0.224 e. The molecule has 0 aliphatic carbocycles. The first-order valence-electron chi connectivity index (χ1n) is 7.67. The van der Waals surface area contributed by atoms with Gasteiger partial charge in [-0.2, -0.15) is 4.98 Å². The molecular formula is C18H19N5O. The van der Waals surface area contributed by atoms with Gasteiger partial charge in [-0.05, 0) is 23.8 Å². The second-order valence-corrected chi connectivity index (χ2v) is 5.15. The lowest BCUT2D eigenvalue weighted by molar-refractivity contribution is 0.410. The summed E-state index contributed by atoms with van der Waals surface area (Å²) in [5, 5.41) is 6.49. The van der Waals surface area contributed by atoms with Gasteiger partial charge in [-0.25, -0.2) is 4.98 Å². The molecule has 0 unspecified atom stereocenters. The summed E-state index contributed by atoms with van der Waals surface area (Å²) < 4.78 is 5.35. The van der Waals surface area contributed by atoms with E-state index < -0.39 is 0 Å². The molecule has 6 heteroatoms. The maximum absolute atomic E-state index is 5.35. The van der Waals surface area contributed by atoms with Crippen LogP contribution >= 0.6 is 0 Å². The van der Waals surface area contributed by atoms with Crippen molar-refractivity contribution in [2.24, 2.45) is 0 Å². The molecule has 0 saturated carbocycles. The van der Waals surface area contributed by atoms with Gasteiger partial charge in [0.05, 0.1) is 7.11 Å². The zero-order valence-electron chi connectivity index (χ0n) is 13.4. The smallest absolute Gasteiger partial charge is 0.224 e. The second kappa shape index (κ2) is 7.92. The van der Waals surface area contributed by atoms with Crippen LogP contribution in [0.4, 0.5) is 11.8 Å². The fourth-order valence-corrected chi connectivity index (χ4v) is 2.26. The second-order valence-electron chi connectivity index (χ2n) is 5.15. The van der Waals surface area contributed by atoms with Crippen molar-refractivity contribution in [1.29, 1.82) is 0 Å². The van der Waals surface area contributed by atoms with E-state index >= 15 is 0 Å². The molecule has 1 aromatic carbocycles. The number of hydrogen-bond donors (Lipinski definition) is 2. The van der Waals surface area contributed by atoms with Crippen molar-refractivity contribution in [2.45, 2.75) is 13.1 Å². The summed E-state index contributed by atoms with van der Waals surface area (Å²) in [4.78, 5) is 12.8. The number of rotatable bonds is 7. The molecule has 0 radical (unpaired) electrons. The minimum absolute atomic E-state index is 0.573. The Balaban J connectivity index is 1.61. The number of hydrogen-bond acceptors (Lipinski definition) is 6. The van der Waals surface area contributed by atoms with Crippen LogP contribution in [0.5, 0.6) is 5.75 Å². The van der Waals surface area contributed by atoms with Gasteiger partial charge in [0.2, 0.25) is 5.95 Å². The minimum atomic E-state index is 0.573. The Morgan fingerprint density at radius 3 is 2.71 bits per heavy atom. The topological polar surface area (TPSA) is 72.0 Å². The average Bonchev–Trinajstić information content (AvgIpc) is 2.66. The molecule has 0 fully saturated rings. The molecular weight excluding hydrogens is 302 g/mol. The molecule has 122 valence electrons. The Labute approximate surface area is 141 Å². The van der Waals surface area contributed by atoms with Crippen LogP contribution in [-0.4, -0.2) is 22.1 Å². The van der Waals surface area contributed by atoms with E-state index in [2.05, 4.69) is 25.6 Å². The summed E-state index contributed by atoms with van der Waals surface area (Å²) in [6.45, 7) is 1.26. The number of nitrogens with zero attached hydrogens (tertiary/aromatic N) is 3. The maximum atomic E-state index is 5.35. The van der Waals surface area contributed by atoms with Gasteiger partial charge >= 0.3 is 0 Å². The zero-order valence-corrected chi connectivity index (χ0v) is 13.4. The quantitative estimate of drug-likeness (QED) is 0.697. The summed E-state index contributed by atoms with van der Waals surface area (Å²) >= 11 is 0. The number of aromatic nitrogens is 3. The third-order valence-electron chi connectivity index (χ3n) is 3.48. The summed E-state index contributed by atoms with van der Waals surface area (Å²) in [7, 11) is 1.67. The number of methoxy groups -OCH3 is 1. The third-order valence-corrected chi connectivity index (χ3v) is 3.48. The monoisotopic (exact) mass is 321 g/mol. The van der Waals surface area contributed by atoms with Crippen molar-refractivity contribution in [3.05, 3.63) is 72.2 Å². The SMILES string of the molecule is COc1ccccc1CNc1ccnc(NCc2cccnc2)n1. The highest BCUT2D eigenvalue weighted by molar-refractivity contribution is 5.42. The summed E-state index contributed by atoms with van der Waals surface area (Å²) in [5.74, 6) is 2.18. The van der Waals surface area contributed by atoms with Crippen LogP contribution in [0.2, 0.25) is 0 Å². The van der Waals surface area contributed by atoms with E-state index in [1.807, 2.05) is 48.7 Å². The van der Waals surface area contributed by atoms with Crippen molar-refractivity contribution < 1.29 is 4.74 Å². The van der Waals surface area contributed by atoms with Gasteiger partial charge in [0.15, 0.2) is 0 Å². The van der Waals surface area contributed by atoms with Crippen molar-refractivity contribution in [2.75, 3.05) is 17.7 Å². The van der Waals surface area contributed by atoms with Crippen LogP contribution in [0, 0.1) is 0 Å². The number of ether oxygens (including phenoxy) is 1. The molecule has 2 N–H and O–H groups in total. The molecule has 0 aliphatic heterocycles. The molecule has 2 aromatic heterocycles. The van der Waals surface area contributed by atoms with Gasteiger partial charge < -0.3 is 15.4 Å². The highest BCUT2D eigenvalue weighted by Crippen LogP contribution is 2.18. The lowest BCUT2D eigenvalue weighted by atomic mass is 10.2. The lowest BCUT2D eigenvalue weighted by Crippen LogP contribution is -2.07. The number of benzene rings is 1. The largest absolute Gasteiger partial charge is 0.496 e. The van der Waals surface area contributed by atoms with Crippen LogP contribution in [0.15, 0.2) is 61.1 Å². The molecule has 3 rings (SSSR count). The first-order valence-corrected chi connectivity index (χ1v) is 7.67. The Kier molecular flexibility index (Phi) is 5.19. The zero-order chi connectivity index (χ0) is 16.6. The normalized spacial score (nSPS) is 10.2. The Bertz CT molecular complexity index is 779. The van der Waals surface area contributed by atoms with Gasteiger partial charge in [0.1, 0.15) is 11.6 Å². The minimum Gasteiger partial charge on any atom is -0.496 e. The Morgan fingerprint density at radius 2 is 1.88 bits per heavy atom. The molecule has 24 heavy (non-hydrogen) atoms. The van der Waals surface area contributed by atoms with Crippen molar-refractivity contribution in [3.8, 4) is 5.75 Å². The van der Waals surface area contributed by atoms with Gasteiger partial charge in [-0.15, -0.1) is 0 Å². The predicted molar refractivity (Wildman–Crippen MR) is 93.9 cm³/mol. The third kappa shape index (κ3) is 4.19. The van der Waals surface area contributed by atoms with E-state index in [1.54, 1.807) is 19.5 Å². The van der Waals surface area contributed by atoms with Gasteiger partial charge in [-0.1, -0.05) is 24.3 Å². The summed E-state index contributed by atoms with van der Waals surface area (Å²) in [6.07, 6.45) is 5.29. The van der Waals surface area contributed by atoms with Gasteiger partial charge in [0, 0.05) is 37.2 Å². The van der Waals surface area contributed by atoms with Crippen LogP contribution < -0.4 is 15.4 Å². The van der Waals surface area contributed by atoms with Crippen LogP contribution in [0.3, 0.4) is 0 Å². The van der Waals surface area contributed by atoms with Crippen molar-refractivity contribution in [3.63, 3.8) is 0 Å². The van der Waals surface area contributed by atoms with E-state index in [-0.39, 0.29) is 0 Å². The first kappa shape index (κ1) is 15.7. The number of para-hydroxylation sites is 1. The molecule has 0 aliphatic rings. The Morgan fingerprint density at radius 1 is 0.958 bits per heavy atom. The number of pyridine rings is 1. The van der Waals surface area contributed by atoms with Crippen LogP contribution in [0.25, 0.3) is 0 Å². The Hall–Kier alpha value is -3.15. The highest BCUT2D eigenvalue weighted by Gasteiger charge is 2.03. The van der Waals surface area contributed by atoms with Crippen molar-refractivity contribution in [1.82, 2.24) is 15.0 Å². The van der Waals surface area contributed by atoms with E-state index in [4.69, 9.17) is 4.74 Å². The van der Waals surface area contributed by atoms with Crippen LogP contribution in [-0.2, 0) is 13.1 Å². The molecule has 0 bridgehead atoms. The van der Waals surface area contributed by atoms with E-state index in [1.165, 1.54) is 0 Å². The molecule has 3 aromatic rings. The summed E-state index contributed by atoms with van der Waals surface area (Å²) in [5.41, 5.74) is 2.15. The number of nitrogens with one attached hydrogen (secondary N) is 2. The van der Waals surface area contributed by atoms with Crippen molar-refractivity contribution >= 4 is 11.8 Å². The summed E-state index contributed by atoms with van der Waals surface area (Å²) in [6, 6.07) is 13.7. The van der Waals surface area contributed by atoms with Gasteiger partial charge in [0.25, 0.3) is 0 Å². The van der Waals surface area contributed by atoms with Crippen LogP contribution in [0.1, 0.15) is 11.1 Å². The lowest BCUT2D eigenvalue weighted by Gasteiger charge is -2.11. The predicted octanol–water partition coefficient (Wildman–Crippen LogP) is 3.10. The molecule has 0 spiro atoms. The van der Waals surface area contributed by atoms with E-state index in [0.717, 1.165) is 22.7 Å². The molecule has 0 saturated heterocycles.